The predicted molar refractivity (Wildman–Crippen MR) is 71.6 cm³/mol. The summed E-state index contributed by atoms with van der Waals surface area (Å²) in [4.78, 5) is 4.28. The zero-order chi connectivity index (χ0) is 13.8. The van der Waals surface area contributed by atoms with Crippen LogP contribution in [0.15, 0.2) is 17.5 Å². The third-order valence-corrected chi connectivity index (χ3v) is 3.54. The molecular formula is C13H14NO4S. The SMILES string of the molecule is COc1cc(OC)c(-c2nc(C[O])cs2)c(OC)c1. The summed E-state index contributed by atoms with van der Waals surface area (Å²) in [6.45, 7) is -0.336. The fraction of sp³-hybridized carbons (Fsp3) is 0.308. The lowest BCUT2D eigenvalue weighted by Crippen LogP contribution is -1.95. The Labute approximate surface area is 115 Å². The fourth-order valence-corrected chi connectivity index (χ4v) is 2.56. The van der Waals surface area contributed by atoms with E-state index in [-0.39, 0.29) is 6.61 Å². The molecule has 0 aliphatic carbocycles. The molecule has 2 rings (SSSR count). The number of thiazole rings is 1. The molecule has 0 spiro atoms. The molecule has 19 heavy (non-hydrogen) atoms. The number of hydrogen-bond donors (Lipinski definition) is 0. The zero-order valence-electron chi connectivity index (χ0n) is 10.9. The molecule has 0 aliphatic rings. The summed E-state index contributed by atoms with van der Waals surface area (Å²) in [5.74, 6) is 1.84. The number of aromatic nitrogens is 1. The molecule has 1 radical (unpaired) electrons. The normalized spacial score (nSPS) is 10.3. The third-order valence-electron chi connectivity index (χ3n) is 2.63. The van der Waals surface area contributed by atoms with Gasteiger partial charge >= 0.3 is 0 Å². The minimum absolute atomic E-state index is 0.336. The monoisotopic (exact) mass is 280 g/mol. The maximum absolute atomic E-state index is 10.8. The van der Waals surface area contributed by atoms with Crippen molar-refractivity contribution in [3.8, 4) is 27.8 Å². The molecule has 0 N–H and O–H groups in total. The molecule has 0 unspecified atom stereocenters. The topological polar surface area (TPSA) is 60.5 Å². The van der Waals surface area contributed by atoms with Gasteiger partial charge in [0.25, 0.3) is 0 Å². The van der Waals surface area contributed by atoms with E-state index in [1.165, 1.54) is 11.3 Å². The van der Waals surface area contributed by atoms with Gasteiger partial charge in [-0.25, -0.2) is 10.1 Å². The Morgan fingerprint density at radius 2 is 1.74 bits per heavy atom. The van der Waals surface area contributed by atoms with Gasteiger partial charge in [-0.1, -0.05) is 0 Å². The number of rotatable bonds is 5. The number of benzene rings is 1. The molecule has 6 heteroatoms. The van der Waals surface area contributed by atoms with Crippen LogP contribution in [0.3, 0.4) is 0 Å². The van der Waals surface area contributed by atoms with Gasteiger partial charge in [0.05, 0.1) is 32.6 Å². The Morgan fingerprint density at radius 3 is 2.16 bits per heavy atom. The number of nitrogens with zero attached hydrogens (tertiary/aromatic N) is 1. The van der Waals surface area contributed by atoms with E-state index in [0.717, 1.165) is 5.56 Å². The molecule has 0 fully saturated rings. The summed E-state index contributed by atoms with van der Waals surface area (Å²) in [7, 11) is 4.71. The van der Waals surface area contributed by atoms with Crippen molar-refractivity contribution in [3.63, 3.8) is 0 Å². The molecule has 101 valence electrons. The van der Waals surface area contributed by atoms with Crippen LogP contribution < -0.4 is 14.2 Å². The van der Waals surface area contributed by atoms with Crippen molar-refractivity contribution < 1.29 is 19.3 Å². The third kappa shape index (κ3) is 2.64. The van der Waals surface area contributed by atoms with Gasteiger partial charge in [-0.05, 0) is 0 Å². The van der Waals surface area contributed by atoms with E-state index >= 15 is 0 Å². The smallest absolute Gasteiger partial charge is 0.136 e. The highest BCUT2D eigenvalue weighted by Crippen LogP contribution is 2.42. The lowest BCUT2D eigenvalue weighted by molar-refractivity contribution is 0.174. The first-order chi connectivity index (χ1) is 9.23. The van der Waals surface area contributed by atoms with E-state index in [0.29, 0.717) is 28.0 Å². The van der Waals surface area contributed by atoms with E-state index in [1.54, 1.807) is 38.8 Å². The van der Waals surface area contributed by atoms with Crippen LogP contribution in [0.1, 0.15) is 5.69 Å². The number of ether oxygens (including phenoxy) is 3. The van der Waals surface area contributed by atoms with Crippen molar-refractivity contribution in [2.24, 2.45) is 0 Å². The van der Waals surface area contributed by atoms with Crippen LogP contribution in [0, 0.1) is 0 Å². The largest absolute Gasteiger partial charge is 0.496 e. The number of hydrogen-bond acceptors (Lipinski definition) is 5. The molecule has 2 aromatic rings. The summed E-state index contributed by atoms with van der Waals surface area (Å²) in [6.07, 6.45) is 0. The van der Waals surface area contributed by atoms with E-state index in [2.05, 4.69) is 4.98 Å². The second-order valence-electron chi connectivity index (χ2n) is 3.70. The van der Waals surface area contributed by atoms with Crippen LogP contribution in [0.5, 0.6) is 17.2 Å². The van der Waals surface area contributed by atoms with Gasteiger partial charge in [0.15, 0.2) is 0 Å². The van der Waals surface area contributed by atoms with E-state index < -0.39 is 0 Å². The highest BCUT2D eigenvalue weighted by Gasteiger charge is 2.18. The lowest BCUT2D eigenvalue weighted by Gasteiger charge is -2.13. The van der Waals surface area contributed by atoms with Crippen molar-refractivity contribution in [1.82, 2.24) is 4.98 Å². The molecule has 0 aliphatic heterocycles. The lowest BCUT2D eigenvalue weighted by atomic mass is 10.1. The predicted octanol–water partition coefficient (Wildman–Crippen LogP) is 2.77. The molecule has 1 heterocycles. The maximum atomic E-state index is 10.8. The summed E-state index contributed by atoms with van der Waals surface area (Å²) in [6, 6.07) is 3.52. The Bertz CT molecular complexity index is 543. The van der Waals surface area contributed by atoms with Crippen molar-refractivity contribution in [1.29, 1.82) is 0 Å². The molecular weight excluding hydrogens is 266 g/mol. The molecule has 0 amide bonds. The van der Waals surface area contributed by atoms with Crippen molar-refractivity contribution in [3.05, 3.63) is 23.2 Å². The summed E-state index contributed by atoms with van der Waals surface area (Å²) in [5, 5.41) is 13.3. The van der Waals surface area contributed by atoms with E-state index in [4.69, 9.17) is 14.2 Å². The molecule has 0 saturated carbocycles. The van der Waals surface area contributed by atoms with Gasteiger partial charge in [0.1, 0.15) is 28.9 Å². The average Bonchev–Trinajstić information content (AvgIpc) is 2.94. The first kappa shape index (κ1) is 13.6. The first-order valence-electron chi connectivity index (χ1n) is 5.56. The second kappa shape index (κ2) is 5.90. The van der Waals surface area contributed by atoms with Crippen LogP contribution in [0.25, 0.3) is 10.6 Å². The van der Waals surface area contributed by atoms with Crippen LogP contribution in [0.4, 0.5) is 0 Å². The summed E-state index contributed by atoms with van der Waals surface area (Å²) >= 11 is 1.39. The molecule has 0 bridgehead atoms. The van der Waals surface area contributed by atoms with Gasteiger partial charge in [0, 0.05) is 17.5 Å². The molecule has 1 aromatic heterocycles. The summed E-state index contributed by atoms with van der Waals surface area (Å²) < 4.78 is 15.9. The van der Waals surface area contributed by atoms with Crippen LogP contribution >= 0.6 is 11.3 Å². The van der Waals surface area contributed by atoms with Crippen LogP contribution in [0.2, 0.25) is 0 Å². The van der Waals surface area contributed by atoms with Crippen molar-refractivity contribution in [2.45, 2.75) is 6.61 Å². The van der Waals surface area contributed by atoms with Crippen molar-refractivity contribution in [2.75, 3.05) is 21.3 Å². The Morgan fingerprint density at radius 1 is 1.11 bits per heavy atom. The zero-order valence-corrected chi connectivity index (χ0v) is 11.7. The van der Waals surface area contributed by atoms with Gasteiger partial charge in [-0.2, -0.15) is 0 Å². The highest BCUT2D eigenvalue weighted by atomic mass is 32.1. The molecule has 0 saturated heterocycles. The van der Waals surface area contributed by atoms with Gasteiger partial charge in [-0.15, -0.1) is 11.3 Å². The van der Waals surface area contributed by atoms with Gasteiger partial charge in [0.2, 0.25) is 0 Å². The van der Waals surface area contributed by atoms with E-state index in [9.17, 15) is 5.11 Å². The second-order valence-corrected chi connectivity index (χ2v) is 4.55. The quantitative estimate of drug-likeness (QED) is 0.845. The Kier molecular flexibility index (Phi) is 4.24. The van der Waals surface area contributed by atoms with Crippen LogP contribution in [-0.4, -0.2) is 26.3 Å². The van der Waals surface area contributed by atoms with Gasteiger partial charge in [-0.3, -0.25) is 0 Å². The minimum Gasteiger partial charge on any atom is -0.496 e. The minimum atomic E-state index is -0.336. The maximum Gasteiger partial charge on any atom is 0.136 e. The first-order valence-corrected chi connectivity index (χ1v) is 6.44. The fourth-order valence-electron chi connectivity index (χ4n) is 1.70. The summed E-state index contributed by atoms with van der Waals surface area (Å²) in [5.41, 5.74) is 1.25. The van der Waals surface area contributed by atoms with Crippen molar-refractivity contribution >= 4 is 11.3 Å². The Hall–Kier alpha value is -1.79. The Balaban J connectivity index is 2.59. The highest BCUT2D eigenvalue weighted by molar-refractivity contribution is 7.13. The molecule has 1 aromatic carbocycles. The average molecular weight is 280 g/mol. The van der Waals surface area contributed by atoms with Crippen LogP contribution in [-0.2, 0) is 11.7 Å². The van der Waals surface area contributed by atoms with Gasteiger partial charge < -0.3 is 14.2 Å². The van der Waals surface area contributed by atoms with E-state index in [1.807, 2.05) is 0 Å². The number of methoxy groups -OCH3 is 3. The molecule has 0 atom stereocenters. The standard InChI is InChI=1S/C13H14NO4S/c1-16-9-4-10(17-2)12(11(5-9)18-3)13-14-8(6-15)7-19-13/h4-5,7H,6H2,1-3H3. The molecule has 5 nitrogen and oxygen atoms in total.